The van der Waals surface area contributed by atoms with E-state index in [0.29, 0.717) is 0 Å². The molecule has 0 aliphatic heterocycles. The lowest BCUT2D eigenvalue weighted by Crippen LogP contribution is -2.14. The largest absolute Gasteiger partial charge is 0.369 e. The van der Waals surface area contributed by atoms with Crippen molar-refractivity contribution in [3.05, 3.63) is 35.8 Å². The molecule has 2 rings (SSSR count). The van der Waals surface area contributed by atoms with Crippen LogP contribution in [0.15, 0.2) is 24.5 Å². The summed E-state index contributed by atoms with van der Waals surface area (Å²) >= 11 is 0. The number of hydrogen-bond acceptors (Lipinski definition) is 2. The quantitative estimate of drug-likeness (QED) is 0.806. The molecule has 0 aliphatic rings. The maximum atomic E-state index is 10.9. The maximum Gasteiger partial charge on any atom is 0.221 e. The topological polar surface area (TPSA) is 60.4 Å². The Morgan fingerprint density at radius 1 is 1.60 bits per heavy atom. The Balaban J connectivity index is 2.56. The molecule has 0 radical (unpaired) electrons. The number of hydrogen-bond donors (Lipinski definition) is 1. The van der Waals surface area contributed by atoms with E-state index < -0.39 is 0 Å². The third-order valence-corrected chi connectivity index (χ3v) is 2.42. The Labute approximate surface area is 87.7 Å². The van der Waals surface area contributed by atoms with Crippen LogP contribution in [0.4, 0.5) is 0 Å². The fraction of sp³-hybridized carbons (Fsp3) is 0.273. The standard InChI is InChI=1S/C11H13N3O/c1-2-9-7-13-11-8(6-10(12)15)4-3-5-14(9)11/h3-5,7H,2,6H2,1H3,(H2,12,15). The van der Waals surface area contributed by atoms with E-state index >= 15 is 0 Å². The van der Waals surface area contributed by atoms with Gasteiger partial charge in [0, 0.05) is 23.7 Å². The highest BCUT2D eigenvalue weighted by molar-refractivity contribution is 5.78. The van der Waals surface area contributed by atoms with E-state index in [1.54, 1.807) is 0 Å². The Bertz CT molecular complexity index is 502. The van der Waals surface area contributed by atoms with Gasteiger partial charge in [-0.2, -0.15) is 0 Å². The fourth-order valence-electron chi connectivity index (χ4n) is 1.71. The van der Waals surface area contributed by atoms with Gasteiger partial charge >= 0.3 is 0 Å². The van der Waals surface area contributed by atoms with E-state index in [1.807, 2.05) is 28.9 Å². The molecule has 0 saturated carbocycles. The van der Waals surface area contributed by atoms with Crippen LogP contribution < -0.4 is 5.73 Å². The van der Waals surface area contributed by atoms with Crippen LogP contribution in [0.1, 0.15) is 18.2 Å². The first-order valence-corrected chi connectivity index (χ1v) is 4.94. The molecule has 2 N–H and O–H groups in total. The minimum Gasteiger partial charge on any atom is -0.369 e. The van der Waals surface area contributed by atoms with Gasteiger partial charge in [-0.3, -0.25) is 4.79 Å². The highest BCUT2D eigenvalue weighted by Crippen LogP contribution is 2.12. The molecule has 4 heteroatoms. The fourth-order valence-corrected chi connectivity index (χ4v) is 1.71. The van der Waals surface area contributed by atoms with Gasteiger partial charge in [0.05, 0.1) is 6.42 Å². The van der Waals surface area contributed by atoms with Gasteiger partial charge < -0.3 is 10.1 Å². The monoisotopic (exact) mass is 203 g/mol. The van der Waals surface area contributed by atoms with Crippen LogP contribution in [0.2, 0.25) is 0 Å². The summed E-state index contributed by atoms with van der Waals surface area (Å²) in [5.74, 6) is -0.329. The van der Waals surface area contributed by atoms with Crippen LogP contribution in [-0.4, -0.2) is 15.3 Å². The SMILES string of the molecule is CCc1cnc2c(CC(N)=O)cccn12. The van der Waals surface area contributed by atoms with Crippen molar-refractivity contribution < 1.29 is 4.79 Å². The number of nitrogens with zero attached hydrogens (tertiary/aromatic N) is 2. The van der Waals surface area contributed by atoms with E-state index in [0.717, 1.165) is 23.3 Å². The van der Waals surface area contributed by atoms with Crippen LogP contribution in [0.25, 0.3) is 5.65 Å². The van der Waals surface area contributed by atoms with Gasteiger partial charge in [0.15, 0.2) is 0 Å². The van der Waals surface area contributed by atoms with Gasteiger partial charge in [-0.1, -0.05) is 13.0 Å². The molecule has 2 aromatic rings. The van der Waals surface area contributed by atoms with Crippen molar-refractivity contribution in [2.24, 2.45) is 5.73 Å². The van der Waals surface area contributed by atoms with Gasteiger partial charge in [0.25, 0.3) is 0 Å². The molecule has 4 nitrogen and oxygen atoms in total. The number of aryl methyl sites for hydroxylation is 1. The number of carbonyl (C=O) groups excluding carboxylic acids is 1. The number of imidazole rings is 1. The molecule has 0 fully saturated rings. The highest BCUT2D eigenvalue weighted by Gasteiger charge is 2.07. The summed E-state index contributed by atoms with van der Waals surface area (Å²) in [5, 5.41) is 0. The lowest BCUT2D eigenvalue weighted by molar-refractivity contribution is -0.117. The minimum absolute atomic E-state index is 0.241. The molecule has 2 aromatic heterocycles. The van der Waals surface area contributed by atoms with Crippen molar-refractivity contribution in [3.63, 3.8) is 0 Å². The smallest absolute Gasteiger partial charge is 0.221 e. The Morgan fingerprint density at radius 2 is 2.40 bits per heavy atom. The Morgan fingerprint density at radius 3 is 3.07 bits per heavy atom. The molecule has 0 bridgehead atoms. The van der Waals surface area contributed by atoms with E-state index in [-0.39, 0.29) is 12.3 Å². The van der Waals surface area contributed by atoms with Crippen LogP contribution in [0.3, 0.4) is 0 Å². The van der Waals surface area contributed by atoms with E-state index in [9.17, 15) is 4.79 Å². The zero-order valence-corrected chi connectivity index (χ0v) is 8.60. The Kier molecular flexibility index (Phi) is 2.41. The average molecular weight is 203 g/mol. The van der Waals surface area contributed by atoms with Crippen LogP contribution in [0, 0.1) is 0 Å². The second-order valence-electron chi connectivity index (χ2n) is 3.47. The average Bonchev–Trinajstić information content (AvgIpc) is 2.61. The second kappa shape index (κ2) is 3.73. The normalized spacial score (nSPS) is 10.7. The molecular formula is C11H13N3O. The minimum atomic E-state index is -0.329. The zero-order valence-electron chi connectivity index (χ0n) is 8.60. The van der Waals surface area contributed by atoms with Gasteiger partial charge in [-0.15, -0.1) is 0 Å². The summed E-state index contributed by atoms with van der Waals surface area (Å²) in [7, 11) is 0. The molecule has 2 heterocycles. The van der Waals surface area contributed by atoms with Gasteiger partial charge in [0.1, 0.15) is 5.65 Å². The van der Waals surface area contributed by atoms with Crippen molar-refractivity contribution in [2.45, 2.75) is 19.8 Å². The summed E-state index contributed by atoms with van der Waals surface area (Å²) < 4.78 is 2.00. The van der Waals surface area contributed by atoms with E-state index in [2.05, 4.69) is 11.9 Å². The van der Waals surface area contributed by atoms with Crippen molar-refractivity contribution in [1.29, 1.82) is 0 Å². The van der Waals surface area contributed by atoms with Crippen molar-refractivity contribution >= 4 is 11.6 Å². The van der Waals surface area contributed by atoms with E-state index in [4.69, 9.17) is 5.73 Å². The highest BCUT2D eigenvalue weighted by atomic mass is 16.1. The molecule has 1 amide bonds. The molecule has 0 spiro atoms. The molecule has 0 atom stereocenters. The second-order valence-corrected chi connectivity index (χ2v) is 3.47. The lowest BCUT2D eigenvalue weighted by Gasteiger charge is -2.02. The molecular weight excluding hydrogens is 190 g/mol. The first-order valence-electron chi connectivity index (χ1n) is 4.94. The molecule has 0 unspecified atom stereocenters. The van der Waals surface area contributed by atoms with Gasteiger partial charge in [0.2, 0.25) is 5.91 Å². The third kappa shape index (κ3) is 1.70. The Hall–Kier alpha value is -1.84. The number of aromatic nitrogens is 2. The number of amides is 1. The predicted molar refractivity (Wildman–Crippen MR) is 57.5 cm³/mol. The summed E-state index contributed by atoms with van der Waals surface area (Å²) in [6.07, 6.45) is 4.94. The first-order chi connectivity index (χ1) is 7.22. The summed E-state index contributed by atoms with van der Waals surface area (Å²) in [5.41, 5.74) is 8.02. The molecule has 78 valence electrons. The zero-order chi connectivity index (χ0) is 10.8. The maximum absolute atomic E-state index is 10.9. The molecule has 0 aromatic carbocycles. The van der Waals surface area contributed by atoms with Gasteiger partial charge in [-0.25, -0.2) is 4.98 Å². The number of fused-ring (bicyclic) bond motifs is 1. The van der Waals surface area contributed by atoms with Crippen molar-refractivity contribution in [1.82, 2.24) is 9.38 Å². The molecule has 0 saturated heterocycles. The molecule has 15 heavy (non-hydrogen) atoms. The van der Waals surface area contributed by atoms with Crippen LogP contribution >= 0.6 is 0 Å². The van der Waals surface area contributed by atoms with Gasteiger partial charge in [-0.05, 0) is 12.5 Å². The van der Waals surface area contributed by atoms with Crippen LogP contribution in [-0.2, 0) is 17.6 Å². The van der Waals surface area contributed by atoms with Crippen LogP contribution in [0.5, 0.6) is 0 Å². The third-order valence-electron chi connectivity index (χ3n) is 2.42. The molecule has 0 aliphatic carbocycles. The first kappa shape index (κ1) is 9.71. The summed E-state index contributed by atoms with van der Waals surface area (Å²) in [4.78, 5) is 15.2. The van der Waals surface area contributed by atoms with E-state index in [1.165, 1.54) is 0 Å². The number of nitrogens with two attached hydrogens (primary N) is 1. The summed E-state index contributed by atoms with van der Waals surface area (Å²) in [6.45, 7) is 2.07. The van der Waals surface area contributed by atoms with Crippen molar-refractivity contribution in [3.8, 4) is 0 Å². The number of primary amides is 1. The lowest BCUT2D eigenvalue weighted by atomic mass is 10.2. The number of carbonyl (C=O) groups is 1. The summed E-state index contributed by atoms with van der Waals surface area (Å²) in [6, 6.07) is 3.79. The van der Waals surface area contributed by atoms with Crippen molar-refractivity contribution in [2.75, 3.05) is 0 Å². The number of pyridine rings is 1. The predicted octanol–water partition coefficient (Wildman–Crippen LogP) is 0.925. The number of rotatable bonds is 3.